The molecule has 4 nitrogen and oxygen atoms in total. The van der Waals surface area contributed by atoms with Gasteiger partial charge in [-0.25, -0.2) is 0 Å². The minimum atomic E-state index is 0.689. The van der Waals surface area contributed by atoms with E-state index in [0.717, 1.165) is 30.7 Å². The van der Waals surface area contributed by atoms with Crippen LogP contribution in [0.3, 0.4) is 0 Å². The topological polar surface area (TPSA) is 51.0 Å². The van der Waals surface area contributed by atoms with Crippen LogP contribution in [-0.2, 0) is 13.0 Å². The molecule has 0 unspecified atom stereocenters. The van der Waals surface area contributed by atoms with Crippen LogP contribution < -0.4 is 5.32 Å². The highest BCUT2D eigenvalue weighted by Crippen LogP contribution is 2.25. The van der Waals surface area contributed by atoms with Gasteiger partial charge in [-0.05, 0) is 25.3 Å². The normalized spacial score (nSPS) is 18.2. The maximum atomic E-state index is 5.64. The van der Waals surface area contributed by atoms with Crippen LogP contribution in [0.2, 0.25) is 0 Å². The fourth-order valence-electron chi connectivity index (χ4n) is 2.49. The molecule has 1 heterocycles. The molecule has 0 aromatic carbocycles. The Morgan fingerprint density at radius 1 is 1.12 bits per heavy atom. The quantitative estimate of drug-likeness (QED) is 0.800. The molecular weight excluding hydrogens is 214 g/mol. The van der Waals surface area contributed by atoms with Gasteiger partial charge < -0.3 is 9.73 Å². The minimum Gasteiger partial charge on any atom is -0.424 e. The van der Waals surface area contributed by atoms with Gasteiger partial charge in [0.1, 0.15) is 0 Å². The summed E-state index contributed by atoms with van der Waals surface area (Å²) in [5, 5.41) is 11.4. The molecule has 1 N–H and O–H groups in total. The number of hydrogen-bond acceptors (Lipinski definition) is 4. The van der Waals surface area contributed by atoms with Gasteiger partial charge >= 0.3 is 0 Å². The zero-order chi connectivity index (χ0) is 11.9. The summed E-state index contributed by atoms with van der Waals surface area (Å²) in [6, 6.07) is 0. The standard InChI is InChI=1S/C13H23N3O/c1-2-14-10-13-16-15-12(17-13)9-11-7-5-3-4-6-8-11/h11,14H,2-10H2,1H3. The zero-order valence-corrected chi connectivity index (χ0v) is 10.7. The van der Waals surface area contributed by atoms with Gasteiger partial charge in [0.2, 0.25) is 11.8 Å². The second-order valence-corrected chi connectivity index (χ2v) is 4.93. The highest BCUT2D eigenvalue weighted by Gasteiger charge is 2.16. The Morgan fingerprint density at radius 3 is 2.53 bits per heavy atom. The summed E-state index contributed by atoms with van der Waals surface area (Å²) in [4.78, 5) is 0. The van der Waals surface area contributed by atoms with Crippen LogP contribution in [0, 0.1) is 5.92 Å². The number of rotatable bonds is 5. The van der Waals surface area contributed by atoms with Crippen molar-refractivity contribution in [1.82, 2.24) is 15.5 Å². The van der Waals surface area contributed by atoms with Crippen LogP contribution in [0.1, 0.15) is 57.2 Å². The number of hydrogen-bond donors (Lipinski definition) is 1. The summed E-state index contributed by atoms with van der Waals surface area (Å²) < 4.78 is 5.64. The van der Waals surface area contributed by atoms with Crippen molar-refractivity contribution in [3.8, 4) is 0 Å². The average Bonchev–Trinajstić information content (AvgIpc) is 2.61. The van der Waals surface area contributed by atoms with Gasteiger partial charge in [0.15, 0.2) is 0 Å². The molecule has 1 aliphatic carbocycles. The molecule has 0 radical (unpaired) electrons. The third-order valence-corrected chi connectivity index (χ3v) is 3.47. The van der Waals surface area contributed by atoms with E-state index in [1.807, 2.05) is 0 Å². The van der Waals surface area contributed by atoms with E-state index < -0.39 is 0 Å². The Kier molecular flexibility index (Phi) is 4.98. The summed E-state index contributed by atoms with van der Waals surface area (Å²) in [5.74, 6) is 2.30. The highest BCUT2D eigenvalue weighted by molar-refractivity contribution is 4.84. The molecule has 17 heavy (non-hydrogen) atoms. The summed E-state index contributed by atoms with van der Waals surface area (Å²) in [6.45, 7) is 3.69. The third kappa shape index (κ3) is 4.11. The molecule has 1 aromatic rings. The number of nitrogens with one attached hydrogen (secondary N) is 1. The monoisotopic (exact) mass is 237 g/mol. The van der Waals surface area contributed by atoms with Gasteiger partial charge in [-0.15, -0.1) is 10.2 Å². The van der Waals surface area contributed by atoms with Crippen LogP contribution in [0.4, 0.5) is 0 Å². The molecule has 1 saturated carbocycles. The van der Waals surface area contributed by atoms with Crippen molar-refractivity contribution in [1.29, 1.82) is 0 Å². The lowest BCUT2D eigenvalue weighted by Crippen LogP contribution is -2.11. The first-order valence-electron chi connectivity index (χ1n) is 6.90. The van der Waals surface area contributed by atoms with Crippen LogP contribution in [0.15, 0.2) is 4.42 Å². The van der Waals surface area contributed by atoms with Crippen molar-refractivity contribution in [2.75, 3.05) is 6.54 Å². The van der Waals surface area contributed by atoms with Crippen LogP contribution in [0.5, 0.6) is 0 Å². The molecule has 0 saturated heterocycles. The first-order chi connectivity index (χ1) is 8.38. The lowest BCUT2D eigenvalue weighted by atomic mass is 9.97. The van der Waals surface area contributed by atoms with E-state index in [1.54, 1.807) is 0 Å². The maximum Gasteiger partial charge on any atom is 0.230 e. The van der Waals surface area contributed by atoms with E-state index in [9.17, 15) is 0 Å². The molecule has 0 bridgehead atoms. The van der Waals surface area contributed by atoms with Crippen molar-refractivity contribution in [3.05, 3.63) is 11.8 Å². The summed E-state index contributed by atoms with van der Waals surface area (Å²) in [6.07, 6.45) is 9.14. The van der Waals surface area contributed by atoms with E-state index >= 15 is 0 Å². The largest absolute Gasteiger partial charge is 0.424 e. The van der Waals surface area contributed by atoms with Gasteiger partial charge in [0.05, 0.1) is 6.54 Å². The molecular formula is C13H23N3O. The molecule has 0 atom stereocenters. The molecule has 0 amide bonds. The zero-order valence-electron chi connectivity index (χ0n) is 10.7. The molecule has 0 aliphatic heterocycles. The molecule has 96 valence electrons. The average molecular weight is 237 g/mol. The minimum absolute atomic E-state index is 0.689. The van der Waals surface area contributed by atoms with Gasteiger partial charge in [-0.3, -0.25) is 0 Å². The molecule has 2 rings (SSSR count). The smallest absolute Gasteiger partial charge is 0.230 e. The second kappa shape index (κ2) is 6.74. The van der Waals surface area contributed by atoms with Crippen molar-refractivity contribution in [3.63, 3.8) is 0 Å². The van der Waals surface area contributed by atoms with Crippen LogP contribution >= 0.6 is 0 Å². The van der Waals surface area contributed by atoms with Crippen molar-refractivity contribution < 1.29 is 4.42 Å². The molecule has 1 aliphatic rings. The fraction of sp³-hybridized carbons (Fsp3) is 0.846. The molecule has 1 fully saturated rings. The Bertz CT molecular complexity index is 316. The summed E-state index contributed by atoms with van der Waals surface area (Å²) in [7, 11) is 0. The fourth-order valence-corrected chi connectivity index (χ4v) is 2.49. The summed E-state index contributed by atoms with van der Waals surface area (Å²) >= 11 is 0. The van der Waals surface area contributed by atoms with Gasteiger partial charge in [0.25, 0.3) is 0 Å². The SMILES string of the molecule is CCNCc1nnc(CC2CCCCCC2)o1. The van der Waals surface area contributed by atoms with Crippen molar-refractivity contribution in [2.45, 2.75) is 58.4 Å². The Balaban J connectivity index is 1.82. The molecule has 4 heteroatoms. The van der Waals surface area contributed by atoms with Crippen molar-refractivity contribution in [2.24, 2.45) is 5.92 Å². The van der Waals surface area contributed by atoms with E-state index in [0.29, 0.717) is 6.54 Å². The Hall–Kier alpha value is -0.900. The van der Waals surface area contributed by atoms with Crippen molar-refractivity contribution >= 4 is 0 Å². The molecule has 0 spiro atoms. The number of nitrogens with zero attached hydrogens (tertiary/aromatic N) is 2. The maximum absolute atomic E-state index is 5.64. The van der Waals surface area contributed by atoms with E-state index in [4.69, 9.17) is 4.42 Å². The lowest BCUT2D eigenvalue weighted by molar-refractivity contribution is 0.375. The first kappa shape index (κ1) is 12.6. The van der Waals surface area contributed by atoms with Gasteiger partial charge in [-0.2, -0.15) is 0 Å². The molecule has 1 aromatic heterocycles. The number of aromatic nitrogens is 2. The predicted molar refractivity (Wildman–Crippen MR) is 66.6 cm³/mol. The van der Waals surface area contributed by atoms with E-state index in [2.05, 4.69) is 22.4 Å². The third-order valence-electron chi connectivity index (χ3n) is 3.47. The predicted octanol–water partition coefficient (Wildman–Crippen LogP) is 2.69. The highest BCUT2D eigenvalue weighted by atomic mass is 16.4. The van der Waals surface area contributed by atoms with Crippen LogP contribution in [0.25, 0.3) is 0 Å². The first-order valence-corrected chi connectivity index (χ1v) is 6.90. The second-order valence-electron chi connectivity index (χ2n) is 4.93. The van der Waals surface area contributed by atoms with Gasteiger partial charge in [-0.1, -0.05) is 32.6 Å². The van der Waals surface area contributed by atoms with E-state index in [-0.39, 0.29) is 0 Å². The Labute approximate surface area is 103 Å². The van der Waals surface area contributed by atoms with Gasteiger partial charge in [0, 0.05) is 6.42 Å². The lowest BCUT2D eigenvalue weighted by Gasteiger charge is -2.10. The Morgan fingerprint density at radius 2 is 1.82 bits per heavy atom. The van der Waals surface area contributed by atoms with Crippen LogP contribution in [-0.4, -0.2) is 16.7 Å². The van der Waals surface area contributed by atoms with E-state index in [1.165, 1.54) is 38.5 Å². The summed E-state index contributed by atoms with van der Waals surface area (Å²) in [5.41, 5.74) is 0.